The number of hydrogen-bond donors (Lipinski definition) is 2. The lowest BCUT2D eigenvalue weighted by Gasteiger charge is -2.30. The third-order valence-corrected chi connectivity index (χ3v) is 4.86. The normalized spacial score (nSPS) is 18.0. The van der Waals surface area contributed by atoms with E-state index in [2.05, 4.69) is 10.5 Å². The molecule has 0 atom stereocenters. The lowest BCUT2D eigenvalue weighted by Crippen LogP contribution is -2.48. The van der Waals surface area contributed by atoms with Crippen LogP contribution in [0.15, 0.2) is 4.52 Å². The Hall–Kier alpha value is -1.43. The van der Waals surface area contributed by atoms with E-state index in [1.807, 2.05) is 13.8 Å². The van der Waals surface area contributed by atoms with Crippen LogP contribution < -0.4 is 11.1 Å². The van der Waals surface area contributed by atoms with Crippen LogP contribution in [0.5, 0.6) is 0 Å². The summed E-state index contributed by atoms with van der Waals surface area (Å²) in [5.41, 5.74) is 6.96. The van der Waals surface area contributed by atoms with Crippen molar-refractivity contribution in [3.8, 4) is 0 Å². The molecule has 1 amide bonds. The van der Waals surface area contributed by atoms with Gasteiger partial charge in [-0.15, -0.1) is 0 Å². The Kier molecular flexibility index (Phi) is 4.98. The van der Waals surface area contributed by atoms with E-state index in [0.29, 0.717) is 11.5 Å². The van der Waals surface area contributed by atoms with Crippen LogP contribution in [0.3, 0.4) is 0 Å². The molecule has 6 heteroatoms. The number of aryl methyl sites for hydroxylation is 2. The first-order valence-electron chi connectivity index (χ1n) is 7.47. The second kappa shape index (κ2) is 6.56. The van der Waals surface area contributed by atoms with Crippen LogP contribution in [0.4, 0.5) is 0 Å². The maximum Gasteiger partial charge on any atom is 0.233 e. The lowest BCUT2D eigenvalue weighted by atomic mass is 9.79. The molecule has 3 N–H and O–H groups in total. The number of amides is 1. The molecule has 2 rings (SSSR count). The number of thiocarbonyl (C=S) groups is 1. The molecule has 1 aromatic rings. The van der Waals surface area contributed by atoms with E-state index in [0.717, 1.165) is 55.5 Å². The average Bonchev–Trinajstić information content (AvgIpc) is 2.68. The molecule has 0 unspecified atom stereocenters. The monoisotopic (exact) mass is 309 g/mol. The number of nitrogens with zero attached hydrogens (tertiary/aromatic N) is 1. The summed E-state index contributed by atoms with van der Waals surface area (Å²) in [6.45, 7) is 4.12. The van der Waals surface area contributed by atoms with Gasteiger partial charge in [0.1, 0.15) is 5.76 Å². The van der Waals surface area contributed by atoms with E-state index >= 15 is 0 Å². The highest BCUT2D eigenvalue weighted by atomic mass is 32.1. The van der Waals surface area contributed by atoms with Gasteiger partial charge in [-0.3, -0.25) is 4.79 Å². The number of rotatable bonds is 4. The van der Waals surface area contributed by atoms with Crippen LogP contribution in [-0.2, 0) is 11.3 Å². The Morgan fingerprint density at radius 3 is 2.43 bits per heavy atom. The molecule has 1 aromatic heterocycles. The highest BCUT2D eigenvalue weighted by Gasteiger charge is 2.41. The van der Waals surface area contributed by atoms with Crippen molar-refractivity contribution in [1.29, 1.82) is 0 Å². The molecular formula is C15H23N3O2S. The van der Waals surface area contributed by atoms with Crippen LogP contribution in [0.1, 0.15) is 55.5 Å². The molecule has 1 heterocycles. The van der Waals surface area contributed by atoms with E-state index in [4.69, 9.17) is 22.5 Å². The summed E-state index contributed by atoms with van der Waals surface area (Å²) in [6.07, 6.45) is 5.76. The third-order valence-electron chi connectivity index (χ3n) is 4.47. The van der Waals surface area contributed by atoms with Crippen molar-refractivity contribution in [3.05, 3.63) is 17.0 Å². The minimum Gasteiger partial charge on any atom is -0.392 e. The van der Waals surface area contributed by atoms with E-state index in [9.17, 15) is 4.79 Å². The minimum absolute atomic E-state index is 0.0584. The number of hydrogen-bond acceptors (Lipinski definition) is 4. The van der Waals surface area contributed by atoms with Crippen molar-refractivity contribution in [2.75, 3.05) is 0 Å². The zero-order chi connectivity index (χ0) is 15.5. The van der Waals surface area contributed by atoms with Gasteiger partial charge in [-0.05, 0) is 26.7 Å². The summed E-state index contributed by atoms with van der Waals surface area (Å²) in [4.78, 5) is 13.0. The summed E-state index contributed by atoms with van der Waals surface area (Å²) in [5.74, 6) is 0.676. The average molecular weight is 309 g/mol. The maximum absolute atomic E-state index is 12.7. The molecule has 0 spiro atoms. The van der Waals surface area contributed by atoms with E-state index < -0.39 is 5.41 Å². The molecule has 1 saturated carbocycles. The smallest absolute Gasteiger partial charge is 0.233 e. The first-order chi connectivity index (χ1) is 9.97. The van der Waals surface area contributed by atoms with Gasteiger partial charge in [-0.1, -0.05) is 43.1 Å². The molecule has 1 aliphatic carbocycles. The van der Waals surface area contributed by atoms with Crippen molar-refractivity contribution in [2.24, 2.45) is 11.1 Å². The molecule has 21 heavy (non-hydrogen) atoms. The molecule has 0 saturated heterocycles. The lowest BCUT2D eigenvalue weighted by molar-refractivity contribution is -0.128. The van der Waals surface area contributed by atoms with Gasteiger partial charge < -0.3 is 15.6 Å². The first kappa shape index (κ1) is 15.9. The SMILES string of the molecule is Cc1noc(C)c1CNC(=O)C1(C(N)=S)CCCCCC1. The second-order valence-corrected chi connectivity index (χ2v) is 6.29. The fourth-order valence-electron chi connectivity index (χ4n) is 3.01. The first-order valence-corrected chi connectivity index (χ1v) is 7.88. The summed E-state index contributed by atoms with van der Waals surface area (Å²) >= 11 is 5.22. The van der Waals surface area contributed by atoms with Crippen LogP contribution in [-0.4, -0.2) is 16.1 Å². The summed E-state index contributed by atoms with van der Waals surface area (Å²) in [6, 6.07) is 0. The maximum atomic E-state index is 12.7. The fraction of sp³-hybridized carbons (Fsp3) is 0.667. The van der Waals surface area contributed by atoms with Crippen molar-refractivity contribution >= 4 is 23.1 Å². The van der Waals surface area contributed by atoms with E-state index in [1.54, 1.807) is 0 Å². The van der Waals surface area contributed by atoms with Crippen molar-refractivity contribution in [2.45, 2.75) is 58.9 Å². The number of carbonyl (C=O) groups excluding carboxylic acids is 1. The highest BCUT2D eigenvalue weighted by molar-refractivity contribution is 7.80. The van der Waals surface area contributed by atoms with Gasteiger partial charge >= 0.3 is 0 Å². The Morgan fingerprint density at radius 2 is 1.95 bits per heavy atom. The topological polar surface area (TPSA) is 81.2 Å². The molecule has 0 aromatic carbocycles. The van der Waals surface area contributed by atoms with Crippen LogP contribution in [0, 0.1) is 19.3 Å². The zero-order valence-corrected chi connectivity index (χ0v) is 13.5. The Bertz CT molecular complexity index is 512. The van der Waals surface area contributed by atoms with Crippen molar-refractivity contribution in [1.82, 2.24) is 10.5 Å². The van der Waals surface area contributed by atoms with E-state index in [-0.39, 0.29) is 5.91 Å². The Balaban J connectivity index is 2.10. The summed E-state index contributed by atoms with van der Waals surface area (Å²) in [5, 5.41) is 6.88. The second-order valence-electron chi connectivity index (χ2n) is 5.85. The number of nitrogens with one attached hydrogen (secondary N) is 1. The predicted octanol–water partition coefficient (Wildman–Crippen LogP) is 2.53. The van der Waals surface area contributed by atoms with Crippen LogP contribution in [0.25, 0.3) is 0 Å². The van der Waals surface area contributed by atoms with Gasteiger partial charge in [-0.25, -0.2) is 0 Å². The fourth-order valence-corrected chi connectivity index (χ4v) is 3.31. The predicted molar refractivity (Wildman–Crippen MR) is 84.7 cm³/mol. The van der Waals surface area contributed by atoms with Gasteiger partial charge in [0.15, 0.2) is 0 Å². The minimum atomic E-state index is -0.690. The van der Waals surface area contributed by atoms with Crippen LogP contribution in [0.2, 0.25) is 0 Å². The number of aromatic nitrogens is 1. The Morgan fingerprint density at radius 1 is 1.33 bits per heavy atom. The molecular weight excluding hydrogens is 286 g/mol. The molecule has 1 aliphatic rings. The van der Waals surface area contributed by atoms with Gasteiger partial charge in [-0.2, -0.15) is 0 Å². The summed E-state index contributed by atoms with van der Waals surface area (Å²) < 4.78 is 5.11. The van der Waals surface area contributed by atoms with Crippen molar-refractivity contribution < 1.29 is 9.32 Å². The van der Waals surface area contributed by atoms with Crippen molar-refractivity contribution in [3.63, 3.8) is 0 Å². The third kappa shape index (κ3) is 3.26. The quantitative estimate of drug-likeness (QED) is 0.660. The van der Waals surface area contributed by atoms with E-state index in [1.165, 1.54) is 0 Å². The molecule has 116 valence electrons. The number of nitrogens with two attached hydrogens (primary N) is 1. The van der Waals surface area contributed by atoms with Gasteiger partial charge in [0, 0.05) is 12.1 Å². The number of carbonyl (C=O) groups is 1. The van der Waals surface area contributed by atoms with Crippen LogP contribution >= 0.6 is 12.2 Å². The molecule has 0 aliphatic heterocycles. The molecule has 0 bridgehead atoms. The standard InChI is InChI=1S/C15H23N3O2S/c1-10-12(11(2)20-18-10)9-17-14(19)15(13(16)21)7-5-3-4-6-8-15/h3-9H2,1-2H3,(H2,16,21)(H,17,19). The highest BCUT2D eigenvalue weighted by Crippen LogP contribution is 2.36. The van der Waals surface area contributed by atoms with Gasteiger partial charge in [0.2, 0.25) is 5.91 Å². The molecule has 1 fully saturated rings. The molecule has 5 nitrogen and oxygen atoms in total. The van der Waals surface area contributed by atoms with Gasteiger partial charge in [0.25, 0.3) is 0 Å². The summed E-state index contributed by atoms with van der Waals surface area (Å²) in [7, 11) is 0. The zero-order valence-electron chi connectivity index (χ0n) is 12.7. The largest absolute Gasteiger partial charge is 0.392 e. The Labute approximate surface area is 130 Å². The molecule has 0 radical (unpaired) electrons. The van der Waals surface area contributed by atoms with Gasteiger partial charge in [0.05, 0.1) is 16.1 Å².